The highest BCUT2D eigenvalue weighted by molar-refractivity contribution is 5.16. The molecule has 134 valence electrons. The van der Waals surface area contributed by atoms with Crippen molar-refractivity contribution >= 4 is 0 Å². The fourth-order valence-electron chi connectivity index (χ4n) is 4.37. The SMILES string of the molecule is CCCCCCCCCCCCCCCC1=CC2CCC(C1)N2. The number of fused-ring (bicyclic) bond motifs is 2. The fraction of sp³-hybridized carbons (Fsp3) is 0.909. The van der Waals surface area contributed by atoms with Gasteiger partial charge in [-0.1, -0.05) is 95.6 Å². The average molecular weight is 320 g/mol. The van der Waals surface area contributed by atoms with Gasteiger partial charge in [0.25, 0.3) is 0 Å². The van der Waals surface area contributed by atoms with Crippen LogP contribution in [0.3, 0.4) is 0 Å². The number of hydrogen-bond acceptors (Lipinski definition) is 1. The number of nitrogens with one attached hydrogen (secondary N) is 1. The van der Waals surface area contributed by atoms with Gasteiger partial charge in [0.05, 0.1) is 0 Å². The van der Waals surface area contributed by atoms with Gasteiger partial charge < -0.3 is 5.32 Å². The van der Waals surface area contributed by atoms with E-state index in [2.05, 4.69) is 18.3 Å². The van der Waals surface area contributed by atoms with Crippen LogP contribution < -0.4 is 5.32 Å². The zero-order valence-electron chi connectivity index (χ0n) is 15.8. The Balaban J connectivity index is 1.31. The van der Waals surface area contributed by atoms with Crippen molar-refractivity contribution < 1.29 is 0 Å². The summed E-state index contributed by atoms with van der Waals surface area (Å²) in [5.74, 6) is 0. The summed E-state index contributed by atoms with van der Waals surface area (Å²) in [6.07, 6.45) is 27.0. The first kappa shape index (κ1) is 19.0. The highest BCUT2D eigenvalue weighted by atomic mass is 15.0. The molecule has 1 fully saturated rings. The van der Waals surface area contributed by atoms with Crippen molar-refractivity contribution in [1.29, 1.82) is 0 Å². The monoisotopic (exact) mass is 319 g/mol. The summed E-state index contributed by atoms with van der Waals surface area (Å²) >= 11 is 0. The molecule has 2 aliphatic heterocycles. The van der Waals surface area contributed by atoms with E-state index in [4.69, 9.17) is 0 Å². The van der Waals surface area contributed by atoms with Crippen LogP contribution in [-0.2, 0) is 0 Å². The Morgan fingerprint density at radius 1 is 0.783 bits per heavy atom. The maximum absolute atomic E-state index is 3.69. The van der Waals surface area contributed by atoms with Crippen molar-refractivity contribution in [2.24, 2.45) is 0 Å². The Kier molecular flexibility index (Phi) is 10.0. The van der Waals surface area contributed by atoms with Crippen molar-refractivity contribution in [3.63, 3.8) is 0 Å². The molecule has 1 N–H and O–H groups in total. The first-order valence-electron chi connectivity index (χ1n) is 10.8. The normalized spacial score (nSPS) is 23.3. The second-order valence-corrected chi connectivity index (χ2v) is 8.07. The Labute approximate surface area is 145 Å². The predicted octanol–water partition coefficient (Wildman–Crippen LogP) is 6.92. The molecule has 0 aliphatic carbocycles. The Bertz CT molecular complexity index is 320. The quantitative estimate of drug-likeness (QED) is 0.271. The molecule has 0 spiro atoms. The molecule has 0 amide bonds. The molecule has 1 nitrogen and oxygen atoms in total. The lowest BCUT2D eigenvalue weighted by Gasteiger charge is -2.21. The van der Waals surface area contributed by atoms with Gasteiger partial charge in [-0.05, 0) is 32.1 Å². The van der Waals surface area contributed by atoms with Crippen LogP contribution in [0.2, 0.25) is 0 Å². The Morgan fingerprint density at radius 3 is 1.91 bits per heavy atom. The van der Waals surface area contributed by atoms with Gasteiger partial charge in [0.2, 0.25) is 0 Å². The first-order chi connectivity index (χ1) is 11.4. The third kappa shape index (κ3) is 8.38. The third-order valence-electron chi connectivity index (χ3n) is 5.82. The second kappa shape index (κ2) is 12.1. The van der Waals surface area contributed by atoms with E-state index in [0.717, 1.165) is 12.1 Å². The molecule has 0 aromatic rings. The summed E-state index contributed by atoms with van der Waals surface area (Å²) in [6, 6.07) is 1.55. The predicted molar refractivity (Wildman–Crippen MR) is 103 cm³/mol. The molecule has 2 atom stereocenters. The summed E-state index contributed by atoms with van der Waals surface area (Å²) in [7, 11) is 0. The van der Waals surface area contributed by atoms with Gasteiger partial charge in [0, 0.05) is 12.1 Å². The summed E-state index contributed by atoms with van der Waals surface area (Å²) in [4.78, 5) is 0. The van der Waals surface area contributed by atoms with Crippen LogP contribution in [0, 0.1) is 0 Å². The lowest BCUT2D eigenvalue weighted by molar-refractivity contribution is 0.520. The van der Waals surface area contributed by atoms with Crippen molar-refractivity contribution in [3.05, 3.63) is 11.6 Å². The van der Waals surface area contributed by atoms with E-state index in [0.29, 0.717) is 0 Å². The third-order valence-corrected chi connectivity index (χ3v) is 5.82. The molecule has 0 aromatic carbocycles. The Hall–Kier alpha value is -0.300. The summed E-state index contributed by atoms with van der Waals surface area (Å²) < 4.78 is 0. The molecule has 2 unspecified atom stereocenters. The van der Waals surface area contributed by atoms with Crippen molar-refractivity contribution in [2.45, 2.75) is 128 Å². The minimum atomic E-state index is 0.728. The van der Waals surface area contributed by atoms with E-state index in [9.17, 15) is 0 Å². The van der Waals surface area contributed by atoms with Crippen molar-refractivity contribution in [1.82, 2.24) is 5.32 Å². The molecular weight excluding hydrogens is 278 g/mol. The molecule has 2 rings (SSSR count). The van der Waals surface area contributed by atoms with Gasteiger partial charge in [0.15, 0.2) is 0 Å². The average Bonchev–Trinajstić information content (AvgIpc) is 2.90. The second-order valence-electron chi connectivity index (χ2n) is 8.07. The Morgan fingerprint density at radius 2 is 1.35 bits per heavy atom. The molecule has 23 heavy (non-hydrogen) atoms. The van der Waals surface area contributed by atoms with E-state index >= 15 is 0 Å². The van der Waals surface area contributed by atoms with Gasteiger partial charge in [-0.25, -0.2) is 0 Å². The molecule has 1 heteroatoms. The van der Waals surface area contributed by atoms with Gasteiger partial charge in [0.1, 0.15) is 0 Å². The van der Waals surface area contributed by atoms with Gasteiger partial charge in [-0.15, -0.1) is 0 Å². The summed E-state index contributed by atoms with van der Waals surface area (Å²) in [5, 5.41) is 3.69. The standard InChI is InChI=1S/C22H41N/c1-2-3-4-5-6-7-8-9-10-11-12-13-14-15-20-18-21-16-17-22(19-20)23-21/h18,21-23H,2-17,19H2,1H3. The van der Waals surface area contributed by atoms with Crippen LogP contribution in [0.4, 0.5) is 0 Å². The summed E-state index contributed by atoms with van der Waals surface area (Å²) in [6.45, 7) is 2.30. The maximum atomic E-state index is 3.69. The minimum absolute atomic E-state index is 0.728. The summed E-state index contributed by atoms with van der Waals surface area (Å²) in [5.41, 5.74) is 1.76. The van der Waals surface area contributed by atoms with Gasteiger partial charge >= 0.3 is 0 Å². The van der Waals surface area contributed by atoms with E-state index in [1.54, 1.807) is 5.57 Å². The van der Waals surface area contributed by atoms with Crippen LogP contribution in [0.25, 0.3) is 0 Å². The molecule has 0 aromatic heterocycles. The molecule has 0 radical (unpaired) electrons. The number of hydrogen-bond donors (Lipinski definition) is 1. The smallest absolute Gasteiger partial charge is 0.0255 e. The largest absolute Gasteiger partial charge is 0.307 e. The lowest BCUT2D eigenvalue weighted by Crippen LogP contribution is -2.32. The topological polar surface area (TPSA) is 12.0 Å². The van der Waals surface area contributed by atoms with Crippen LogP contribution in [0.15, 0.2) is 11.6 Å². The van der Waals surface area contributed by atoms with Crippen LogP contribution in [-0.4, -0.2) is 12.1 Å². The van der Waals surface area contributed by atoms with Gasteiger partial charge in [-0.3, -0.25) is 0 Å². The van der Waals surface area contributed by atoms with E-state index in [-0.39, 0.29) is 0 Å². The number of unbranched alkanes of at least 4 members (excludes halogenated alkanes) is 12. The fourth-order valence-corrected chi connectivity index (χ4v) is 4.37. The van der Waals surface area contributed by atoms with Crippen LogP contribution in [0.1, 0.15) is 116 Å². The molecular formula is C22H41N. The van der Waals surface area contributed by atoms with Crippen LogP contribution in [0.5, 0.6) is 0 Å². The molecule has 2 aliphatic rings. The molecule has 0 saturated carbocycles. The minimum Gasteiger partial charge on any atom is -0.307 e. The highest BCUT2D eigenvalue weighted by Gasteiger charge is 2.27. The lowest BCUT2D eigenvalue weighted by atomic mass is 9.97. The van der Waals surface area contributed by atoms with Gasteiger partial charge in [-0.2, -0.15) is 0 Å². The highest BCUT2D eigenvalue weighted by Crippen LogP contribution is 2.28. The number of rotatable bonds is 14. The zero-order chi connectivity index (χ0) is 16.2. The van der Waals surface area contributed by atoms with E-state index in [1.165, 1.54) is 109 Å². The van der Waals surface area contributed by atoms with E-state index < -0.39 is 0 Å². The molecule has 2 bridgehead atoms. The maximum Gasteiger partial charge on any atom is 0.0255 e. The van der Waals surface area contributed by atoms with Crippen LogP contribution >= 0.6 is 0 Å². The first-order valence-corrected chi connectivity index (χ1v) is 10.8. The molecule has 1 saturated heterocycles. The van der Waals surface area contributed by atoms with Crippen molar-refractivity contribution in [2.75, 3.05) is 0 Å². The molecule has 2 heterocycles. The zero-order valence-corrected chi connectivity index (χ0v) is 15.8. The van der Waals surface area contributed by atoms with Crippen molar-refractivity contribution in [3.8, 4) is 0 Å². The van der Waals surface area contributed by atoms with E-state index in [1.807, 2.05) is 0 Å².